The van der Waals surface area contributed by atoms with Gasteiger partial charge in [0.05, 0.1) is 11.6 Å². The average Bonchev–Trinajstić information content (AvgIpc) is 3.03. The number of nitrogens with zero attached hydrogens (tertiary/aromatic N) is 3. The maximum atomic E-state index is 14.3. The van der Waals surface area contributed by atoms with Crippen molar-refractivity contribution in [2.24, 2.45) is 0 Å². The minimum absolute atomic E-state index is 0.154. The topological polar surface area (TPSA) is 86.4 Å². The molecule has 10 heteroatoms. The highest BCUT2D eigenvalue weighted by atomic mass is 79.9. The van der Waals surface area contributed by atoms with Gasteiger partial charge in [-0.2, -0.15) is 5.10 Å². The lowest BCUT2D eigenvalue weighted by Crippen LogP contribution is -2.38. The van der Waals surface area contributed by atoms with E-state index in [2.05, 4.69) is 21.0 Å². The van der Waals surface area contributed by atoms with Gasteiger partial charge in [-0.05, 0) is 56.3 Å². The van der Waals surface area contributed by atoms with Crippen molar-refractivity contribution >= 4 is 33.7 Å². The first kappa shape index (κ1) is 21.1. The Hall–Kier alpha value is -2.59. The third kappa shape index (κ3) is 4.88. The smallest absolute Gasteiger partial charge is 0.351 e. The molecule has 0 aliphatic heterocycles. The van der Waals surface area contributed by atoms with Crippen LogP contribution in [0.25, 0.3) is 5.69 Å². The van der Waals surface area contributed by atoms with Gasteiger partial charge < -0.3 is 9.84 Å². The number of benzene rings is 2. The third-order valence-electron chi connectivity index (χ3n) is 3.98. The maximum Gasteiger partial charge on any atom is 0.351 e. The van der Waals surface area contributed by atoms with Gasteiger partial charge in [0.15, 0.2) is 17.2 Å². The quantitative estimate of drug-likeness (QED) is 0.514. The molecule has 0 spiro atoms. The summed E-state index contributed by atoms with van der Waals surface area (Å²) in [5, 5.41) is 13.2. The standard InChI is InChI=1S/C19H17BrFN3O4S/c1-19(2,17(25)26)28-16-8-7-14(9-15(16)21)29-11-24-18(27)23(10-22-24)13-5-3-12(20)4-6-13/h3-10H,11H2,1-2H3,(H,25,26). The van der Waals surface area contributed by atoms with E-state index in [1.807, 2.05) is 12.1 Å². The van der Waals surface area contributed by atoms with Gasteiger partial charge in [-0.3, -0.25) is 0 Å². The van der Waals surface area contributed by atoms with E-state index in [9.17, 15) is 14.0 Å². The van der Waals surface area contributed by atoms with Crippen molar-refractivity contribution in [1.82, 2.24) is 14.3 Å². The molecule has 7 nitrogen and oxygen atoms in total. The van der Waals surface area contributed by atoms with Crippen LogP contribution in [-0.2, 0) is 10.7 Å². The molecule has 0 aliphatic carbocycles. The molecule has 0 unspecified atom stereocenters. The Labute approximate surface area is 178 Å². The van der Waals surface area contributed by atoms with E-state index in [1.54, 1.807) is 18.2 Å². The first-order valence-electron chi connectivity index (χ1n) is 8.42. The molecule has 3 rings (SSSR count). The van der Waals surface area contributed by atoms with Gasteiger partial charge in [-0.25, -0.2) is 23.2 Å². The second kappa shape index (κ2) is 8.42. The van der Waals surface area contributed by atoms with Gasteiger partial charge in [0.1, 0.15) is 6.33 Å². The lowest BCUT2D eigenvalue weighted by atomic mass is 10.1. The lowest BCUT2D eigenvalue weighted by molar-refractivity contribution is -0.152. The molecule has 0 saturated heterocycles. The summed E-state index contributed by atoms with van der Waals surface area (Å²) in [5.41, 5.74) is -1.19. The Morgan fingerprint density at radius 1 is 1.28 bits per heavy atom. The minimum atomic E-state index is -1.55. The molecule has 1 heterocycles. The van der Waals surface area contributed by atoms with Gasteiger partial charge >= 0.3 is 11.7 Å². The molecule has 0 bridgehead atoms. The van der Waals surface area contributed by atoms with E-state index in [-0.39, 0.29) is 17.3 Å². The van der Waals surface area contributed by atoms with Gasteiger partial charge in [-0.1, -0.05) is 15.9 Å². The van der Waals surface area contributed by atoms with Crippen LogP contribution in [0.2, 0.25) is 0 Å². The summed E-state index contributed by atoms with van der Waals surface area (Å²) >= 11 is 4.56. The van der Waals surface area contributed by atoms with Crippen molar-refractivity contribution in [2.75, 3.05) is 0 Å². The Kier molecular flexibility index (Phi) is 6.13. The Morgan fingerprint density at radius 2 is 1.97 bits per heavy atom. The molecule has 152 valence electrons. The SMILES string of the molecule is CC(C)(Oc1ccc(SCn2ncn(-c3ccc(Br)cc3)c2=O)cc1F)C(=O)O. The van der Waals surface area contributed by atoms with Crippen LogP contribution < -0.4 is 10.4 Å². The zero-order valence-corrected chi connectivity index (χ0v) is 17.9. The molecule has 0 radical (unpaired) electrons. The van der Waals surface area contributed by atoms with Crippen LogP contribution in [0.3, 0.4) is 0 Å². The molecular weight excluding hydrogens is 465 g/mol. The normalized spacial score (nSPS) is 11.4. The summed E-state index contributed by atoms with van der Waals surface area (Å²) in [5.74, 6) is -1.85. The van der Waals surface area contributed by atoms with Gasteiger partial charge in [0, 0.05) is 9.37 Å². The van der Waals surface area contributed by atoms with Crippen molar-refractivity contribution < 1.29 is 19.0 Å². The van der Waals surface area contributed by atoms with Crippen molar-refractivity contribution in [3.63, 3.8) is 0 Å². The van der Waals surface area contributed by atoms with Crippen molar-refractivity contribution in [2.45, 2.75) is 30.2 Å². The van der Waals surface area contributed by atoms with E-state index in [0.717, 1.165) is 4.47 Å². The summed E-state index contributed by atoms with van der Waals surface area (Å²) in [6, 6.07) is 11.4. The molecule has 2 aromatic carbocycles. The number of ether oxygens (including phenoxy) is 1. The number of carbonyl (C=O) groups is 1. The minimum Gasteiger partial charge on any atom is -0.478 e. The predicted molar refractivity (Wildman–Crippen MR) is 110 cm³/mol. The summed E-state index contributed by atoms with van der Waals surface area (Å²) in [4.78, 5) is 24.2. The number of hydrogen-bond acceptors (Lipinski definition) is 5. The number of hydrogen-bond donors (Lipinski definition) is 1. The van der Waals surface area contributed by atoms with Gasteiger partial charge in [0.25, 0.3) is 0 Å². The van der Waals surface area contributed by atoms with Gasteiger partial charge in [0.2, 0.25) is 0 Å². The summed E-state index contributed by atoms with van der Waals surface area (Å²) in [7, 11) is 0. The third-order valence-corrected chi connectivity index (χ3v) is 5.46. The van der Waals surface area contributed by atoms with Crippen LogP contribution in [0.15, 0.2) is 63.0 Å². The van der Waals surface area contributed by atoms with Crippen LogP contribution in [0.1, 0.15) is 13.8 Å². The predicted octanol–water partition coefficient (Wildman–Crippen LogP) is 3.93. The summed E-state index contributed by atoms with van der Waals surface area (Å²) < 4.78 is 23.1. The zero-order valence-electron chi connectivity index (χ0n) is 15.5. The molecule has 0 fully saturated rings. The zero-order chi connectivity index (χ0) is 21.2. The van der Waals surface area contributed by atoms with E-state index >= 15 is 0 Å². The van der Waals surface area contributed by atoms with Crippen molar-refractivity contribution in [3.05, 3.63) is 69.6 Å². The highest BCUT2D eigenvalue weighted by Crippen LogP contribution is 2.28. The second-order valence-corrected chi connectivity index (χ2v) is 8.48. The fourth-order valence-corrected chi connectivity index (χ4v) is 3.38. The van der Waals surface area contributed by atoms with Gasteiger partial charge in [-0.15, -0.1) is 11.8 Å². The summed E-state index contributed by atoms with van der Waals surface area (Å²) in [6.07, 6.45) is 1.43. The first-order valence-corrected chi connectivity index (χ1v) is 10.2. The number of carboxylic acid groups (broad SMARTS) is 1. The molecule has 0 amide bonds. The molecular formula is C19H17BrFN3O4S. The monoisotopic (exact) mass is 481 g/mol. The molecule has 0 aliphatic rings. The fraction of sp³-hybridized carbons (Fsp3) is 0.211. The Bertz CT molecular complexity index is 1100. The number of aliphatic carboxylic acids is 1. The van der Waals surface area contributed by atoms with Crippen LogP contribution >= 0.6 is 27.7 Å². The highest BCUT2D eigenvalue weighted by Gasteiger charge is 2.30. The molecule has 1 aromatic heterocycles. The second-order valence-electron chi connectivity index (χ2n) is 6.54. The highest BCUT2D eigenvalue weighted by molar-refractivity contribution is 9.10. The van der Waals surface area contributed by atoms with Crippen molar-refractivity contribution in [1.29, 1.82) is 0 Å². The molecule has 3 aromatic rings. The van der Waals surface area contributed by atoms with Crippen LogP contribution in [0.5, 0.6) is 5.75 Å². The van der Waals surface area contributed by atoms with Crippen molar-refractivity contribution in [3.8, 4) is 11.4 Å². The molecule has 0 atom stereocenters. The van der Waals surface area contributed by atoms with E-state index in [1.165, 1.54) is 53.3 Å². The number of aromatic nitrogens is 3. The van der Waals surface area contributed by atoms with E-state index in [0.29, 0.717) is 10.6 Å². The van der Waals surface area contributed by atoms with Crippen LogP contribution in [0.4, 0.5) is 4.39 Å². The fourth-order valence-electron chi connectivity index (χ4n) is 2.31. The average molecular weight is 482 g/mol. The van der Waals surface area contributed by atoms with Crippen LogP contribution in [-0.4, -0.2) is 31.0 Å². The number of carboxylic acids is 1. The molecule has 29 heavy (non-hydrogen) atoms. The number of thioether (sulfide) groups is 1. The first-order chi connectivity index (χ1) is 13.7. The number of rotatable bonds is 7. The Balaban J connectivity index is 1.71. The molecule has 1 N–H and O–H groups in total. The largest absolute Gasteiger partial charge is 0.478 e. The number of halogens is 2. The maximum absolute atomic E-state index is 14.3. The van der Waals surface area contributed by atoms with E-state index < -0.39 is 17.4 Å². The Morgan fingerprint density at radius 3 is 2.59 bits per heavy atom. The summed E-state index contributed by atoms with van der Waals surface area (Å²) in [6.45, 7) is 2.68. The van der Waals surface area contributed by atoms with E-state index in [4.69, 9.17) is 9.84 Å². The van der Waals surface area contributed by atoms with Crippen LogP contribution in [0, 0.1) is 5.82 Å². The lowest BCUT2D eigenvalue weighted by Gasteiger charge is -2.21. The molecule has 0 saturated carbocycles.